The summed E-state index contributed by atoms with van der Waals surface area (Å²) in [6.07, 6.45) is 0. The average Bonchev–Trinajstić information content (AvgIpc) is 2.18. The second-order valence-electron chi connectivity index (χ2n) is 2.51. The molecule has 0 aliphatic heterocycles. The maximum atomic E-state index is 11.4. The van der Waals surface area contributed by atoms with Crippen LogP contribution >= 0.6 is 0 Å². The monoisotopic (exact) mass is 199 g/mol. The molecule has 1 atom stereocenters. The summed E-state index contributed by atoms with van der Waals surface area (Å²) in [5, 5.41) is 0. The summed E-state index contributed by atoms with van der Waals surface area (Å²) in [6.45, 7) is 0.434. The molecule has 0 bridgehead atoms. The Morgan fingerprint density at radius 2 is 1.92 bits per heavy atom. The van der Waals surface area contributed by atoms with E-state index in [0.717, 1.165) is 10.6 Å². The number of nitrogens with one attached hydrogen (secondary N) is 1. The van der Waals surface area contributed by atoms with Crippen molar-refractivity contribution in [3.8, 4) is 0 Å². The Hall–Kier alpha value is -0.910. The molecule has 0 saturated carbocycles. The smallest absolute Gasteiger partial charge is 0.0542 e. The van der Waals surface area contributed by atoms with Gasteiger partial charge in [0.2, 0.25) is 0 Å². The van der Waals surface area contributed by atoms with Crippen molar-refractivity contribution in [2.75, 3.05) is 17.7 Å². The third kappa shape index (κ3) is 2.80. The van der Waals surface area contributed by atoms with Crippen molar-refractivity contribution in [3.05, 3.63) is 24.3 Å². The highest BCUT2D eigenvalue weighted by molar-refractivity contribution is 7.85. The van der Waals surface area contributed by atoms with Gasteiger partial charge >= 0.3 is 0 Å². The zero-order valence-electron chi connectivity index (χ0n) is 7.19. The normalized spacial score (nSPS) is 12.5. The zero-order chi connectivity index (χ0) is 9.68. The summed E-state index contributed by atoms with van der Waals surface area (Å²) < 4.78 is 11.4. The molecule has 5 N–H and O–H groups in total. The number of benzene rings is 1. The van der Waals surface area contributed by atoms with Crippen LogP contribution in [-0.4, -0.2) is 16.5 Å². The van der Waals surface area contributed by atoms with Crippen LogP contribution in [-0.2, 0) is 10.8 Å². The van der Waals surface area contributed by atoms with Gasteiger partial charge < -0.3 is 11.2 Å². The highest BCUT2D eigenvalue weighted by atomic mass is 32.2. The van der Waals surface area contributed by atoms with Crippen molar-refractivity contribution in [2.24, 2.45) is 11.6 Å². The third-order valence-electron chi connectivity index (χ3n) is 1.59. The molecule has 4 nitrogen and oxygen atoms in total. The fourth-order valence-electron chi connectivity index (χ4n) is 0.928. The van der Waals surface area contributed by atoms with Gasteiger partial charge in [-0.05, 0) is 24.3 Å². The Balaban J connectivity index is 2.74. The van der Waals surface area contributed by atoms with Gasteiger partial charge in [-0.2, -0.15) is 0 Å². The SMILES string of the molecule is NCCS(=O)c1ccc(NN)cc1. The summed E-state index contributed by atoms with van der Waals surface area (Å²) >= 11 is 0. The molecule has 0 amide bonds. The Bertz CT molecular complexity index is 286. The predicted molar refractivity (Wildman–Crippen MR) is 54.6 cm³/mol. The van der Waals surface area contributed by atoms with E-state index in [-0.39, 0.29) is 0 Å². The molecule has 0 aromatic heterocycles. The number of anilines is 1. The number of hydrazine groups is 1. The molecule has 1 aromatic carbocycles. The Morgan fingerprint density at radius 1 is 1.31 bits per heavy atom. The van der Waals surface area contributed by atoms with Crippen LogP contribution in [0.4, 0.5) is 5.69 Å². The molecule has 72 valence electrons. The minimum Gasteiger partial charge on any atom is -0.330 e. The molecule has 0 spiro atoms. The third-order valence-corrected chi connectivity index (χ3v) is 2.99. The quantitative estimate of drug-likeness (QED) is 0.472. The lowest BCUT2D eigenvalue weighted by atomic mass is 10.3. The van der Waals surface area contributed by atoms with Gasteiger partial charge in [-0.1, -0.05) is 0 Å². The maximum Gasteiger partial charge on any atom is 0.0542 e. The first kappa shape index (κ1) is 10.2. The second-order valence-corrected chi connectivity index (χ2v) is 4.08. The van der Waals surface area contributed by atoms with E-state index in [9.17, 15) is 4.21 Å². The molecule has 0 aliphatic rings. The fraction of sp³-hybridized carbons (Fsp3) is 0.250. The van der Waals surface area contributed by atoms with Crippen LogP contribution in [0.2, 0.25) is 0 Å². The van der Waals surface area contributed by atoms with Gasteiger partial charge in [-0.3, -0.25) is 10.1 Å². The van der Waals surface area contributed by atoms with E-state index in [1.165, 1.54) is 0 Å². The minimum absolute atomic E-state index is 0.434. The Labute approximate surface area is 79.7 Å². The van der Waals surface area contributed by atoms with Crippen LogP contribution in [0, 0.1) is 0 Å². The fourth-order valence-corrected chi connectivity index (χ4v) is 1.82. The number of rotatable bonds is 4. The second kappa shape index (κ2) is 4.96. The molecule has 0 radical (unpaired) electrons. The lowest BCUT2D eigenvalue weighted by Gasteiger charge is -2.02. The van der Waals surface area contributed by atoms with Crippen molar-refractivity contribution in [1.82, 2.24) is 0 Å². The van der Waals surface area contributed by atoms with E-state index in [2.05, 4.69) is 5.43 Å². The lowest BCUT2D eigenvalue weighted by molar-refractivity contribution is 0.683. The topological polar surface area (TPSA) is 81.1 Å². The molecule has 0 heterocycles. The van der Waals surface area contributed by atoms with Gasteiger partial charge in [0, 0.05) is 22.9 Å². The molecular formula is C8H13N3OS. The largest absolute Gasteiger partial charge is 0.330 e. The van der Waals surface area contributed by atoms with Crippen LogP contribution in [0.3, 0.4) is 0 Å². The summed E-state index contributed by atoms with van der Waals surface area (Å²) in [5.74, 6) is 5.68. The molecule has 0 aliphatic carbocycles. The summed E-state index contributed by atoms with van der Waals surface area (Å²) in [5.41, 5.74) is 8.60. The summed E-state index contributed by atoms with van der Waals surface area (Å²) in [4.78, 5) is 0.782. The van der Waals surface area contributed by atoms with Gasteiger partial charge in [0.05, 0.1) is 10.8 Å². The number of hydrogen-bond donors (Lipinski definition) is 3. The Kier molecular flexibility index (Phi) is 3.88. The van der Waals surface area contributed by atoms with Gasteiger partial charge in [-0.25, -0.2) is 0 Å². The van der Waals surface area contributed by atoms with Gasteiger partial charge in [0.1, 0.15) is 0 Å². The van der Waals surface area contributed by atoms with Crippen LogP contribution in [0.15, 0.2) is 29.2 Å². The van der Waals surface area contributed by atoms with Gasteiger partial charge in [-0.15, -0.1) is 0 Å². The molecule has 5 heteroatoms. The molecule has 13 heavy (non-hydrogen) atoms. The van der Waals surface area contributed by atoms with Crippen LogP contribution in [0.25, 0.3) is 0 Å². The standard InChI is InChI=1S/C8H13N3OS/c9-5-6-13(12)8-3-1-7(11-10)2-4-8/h1-4,11H,5-6,9-10H2. The molecule has 1 aromatic rings. The first-order valence-corrected chi connectivity index (χ1v) is 5.25. The van der Waals surface area contributed by atoms with E-state index in [1.807, 2.05) is 0 Å². The van der Waals surface area contributed by atoms with Crippen molar-refractivity contribution in [3.63, 3.8) is 0 Å². The molecule has 1 unspecified atom stereocenters. The van der Waals surface area contributed by atoms with Crippen molar-refractivity contribution >= 4 is 16.5 Å². The van der Waals surface area contributed by atoms with Crippen molar-refractivity contribution in [1.29, 1.82) is 0 Å². The summed E-state index contributed by atoms with van der Waals surface area (Å²) in [6, 6.07) is 7.12. The maximum absolute atomic E-state index is 11.4. The molecular weight excluding hydrogens is 186 g/mol. The van der Waals surface area contributed by atoms with E-state index in [1.54, 1.807) is 24.3 Å². The van der Waals surface area contributed by atoms with E-state index < -0.39 is 10.8 Å². The van der Waals surface area contributed by atoms with Crippen molar-refractivity contribution in [2.45, 2.75) is 4.90 Å². The average molecular weight is 199 g/mol. The minimum atomic E-state index is -0.987. The van der Waals surface area contributed by atoms with Gasteiger partial charge in [0.15, 0.2) is 0 Å². The summed E-state index contributed by atoms with van der Waals surface area (Å²) in [7, 11) is -0.987. The predicted octanol–water partition coefficient (Wildman–Crippen LogP) is 0.0385. The van der Waals surface area contributed by atoms with Gasteiger partial charge in [0.25, 0.3) is 0 Å². The Morgan fingerprint density at radius 3 is 2.38 bits per heavy atom. The first-order chi connectivity index (χ1) is 6.27. The highest BCUT2D eigenvalue weighted by Crippen LogP contribution is 2.11. The number of nitrogens with two attached hydrogens (primary N) is 2. The van der Waals surface area contributed by atoms with E-state index in [0.29, 0.717) is 12.3 Å². The highest BCUT2D eigenvalue weighted by Gasteiger charge is 2.01. The molecule has 0 fully saturated rings. The van der Waals surface area contributed by atoms with Crippen LogP contribution in [0.5, 0.6) is 0 Å². The first-order valence-electron chi connectivity index (χ1n) is 3.93. The zero-order valence-corrected chi connectivity index (χ0v) is 8.01. The van der Waals surface area contributed by atoms with Crippen LogP contribution in [0.1, 0.15) is 0 Å². The van der Waals surface area contributed by atoms with Crippen LogP contribution < -0.4 is 17.0 Å². The number of nitrogen functional groups attached to an aromatic ring is 1. The molecule has 1 rings (SSSR count). The number of hydrogen-bond acceptors (Lipinski definition) is 4. The molecule has 0 saturated heterocycles. The van der Waals surface area contributed by atoms with Crippen molar-refractivity contribution < 1.29 is 4.21 Å². The van der Waals surface area contributed by atoms with E-state index >= 15 is 0 Å². The van der Waals surface area contributed by atoms with E-state index in [4.69, 9.17) is 11.6 Å². The lowest BCUT2D eigenvalue weighted by Crippen LogP contribution is -2.10.